The van der Waals surface area contributed by atoms with Gasteiger partial charge in [0.1, 0.15) is 11.2 Å². The normalized spacial score (nSPS) is 15.7. The van der Waals surface area contributed by atoms with E-state index in [0.717, 1.165) is 31.5 Å². The number of aliphatic carboxylic acids is 1. The van der Waals surface area contributed by atoms with E-state index >= 15 is 0 Å². The highest BCUT2D eigenvalue weighted by atomic mass is 16.4. The molecule has 5 nitrogen and oxygen atoms in total. The number of aliphatic hydroxyl groups excluding tert-OH is 1. The summed E-state index contributed by atoms with van der Waals surface area (Å²) in [5, 5.41) is 18.6. The number of imidazole rings is 1. The molecule has 0 saturated carbocycles. The van der Waals surface area contributed by atoms with Crippen molar-refractivity contribution in [1.82, 2.24) is 9.55 Å². The second kappa shape index (κ2) is 4.14. The Labute approximate surface area is 100 Å². The molecule has 0 radical (unpaired) electrons. The zero-order valence-corrected chi connectivity index (χ0v) is 10.2. The van der Waals surface area contributed by atoms with Crippen LogP contribution < -0.4 is 0 Å². The van der Waals surface area contributed by atoms with Gasteiger partial charge in [-0.2, -0.15) is 0 Å². The Hall–Kier alpha value is -1.36. The summed E-state index contributed by atoms with van der Waals surface area (Å²) in [6.45, 7) is 3.99. The van der Waals surface area contributed by atoms with Gasteiger partial charge in [0.05, 0.1) is 12.3 Å². The molecule has 2 rings (SSSR count). The summed E-state index contributed by atoms with van der Waals surface area (Å²) in [5.41, 5.74) is 0.622. The van der Waals surface area contributed by atoms with Gasteiger partial charge in [0.2, 0.25) is 0 Å². The molecule has 1 aromatic rings. The Balaban J connectivity index is 2.55. The first-order valence-corrected chi connectivity index (χ1v) is 5.91. The third-order valence-corrected chi connectivity index (χ3v) is 3.44. The Morgan fingerprint density at radius 3 is 2.76 bits per heavy atom. The molecule has 0 saturated heterocycles. The highest BCUT2D eigenvalue weighted by Crippen LogP contribution is 2.29. The highest BCUT2D eigenvalue weighted by Gasteiger charge is 2.36. The molecular formula is C12H18N2O3. The second-order valence-corrected chi connectivity index (χ2v) is 5.03. The van der Waals surface area contributed by atoms with Crippen LogP contribution in [0.1, 0.15) is 43.9 Å². The largest absolute Gasteiger partial charge is 0.481 e. The van der Waals surface area contributed by atoms with Crippen molar-refractivity contribution in [3.8, 4) is 0 Å². The van der Waals surface area contributed by atoms with Crippen LogP contribution in [0.5, 0.6) is 0 Å². The quantitative estimate of drug-likeness (QED) is 0.826. The number of hydrogen-bond acceptors (Lipinski definition) is 3. The van der Waals surface area contributed by atoms with Crippen LogP contribution in [0.4, 0.5) is 0 Å². The summed E-state index contributed by atoms with van der Waals surface area (Å²) in [4.78, 5) is 15.6. The van der Waals surface area contributed by atoms with Gasteiger partial charge in [0.25, 0.3) is 0 Å². The minimum absolute atomic E-state index is 0.120. The van der Waals surface area contributed by atoms with Gasteiger partial charge in [-0.25, -0.2) is 4.98 Å². The SMILES string of the molecule is CC(C)(C(=O)O)c1nc(CO)c2n1CCCC2. The molecule has 5 heteroatoms. The number of aromatic nitrogens is 2. The molecule has 0 spiro atoms. The van der Waals surface area contributed by atoms with Gasteiger partial charge < -0.3 is 14.8 Å². The molecule has 2 heterocycles. The summed E-state index contributed by atoms with van der Waals surface area (Å²) in [6.07, 6.45) is 2.99. The van der Waals surface area contributed by atoms with Crippen molar-refractivity contribution in [2.75, 3.05) is 0 Å². The van der Waals surface area contributed by atoms with E-state index in [1.165, 1.54) is 0 Å². The average Bonchev–Trinajstić information content (AvgIpc) is 2.68. The van der Waals surface area contributed by atoms with Crippen LogP contribution in [0.3, 0.4) is 0 Å². The van der Waals surface area contributed by atoms with Crippen LogP contribution in [0.15, 0.2) is 0 Å². The zero-order chi connectivity index (χ0) is 12.6. The number of rotatable bonds is 3. The number of aliphatic hydroxyl groups is 1. The lowest BCUT2D eigenvalue weighted by Crippen LogP contribution is -2.33. The van der Waals surface area contributed by atoms with Crippen molar-refractivity contribution < 1.29 is 15.0 Å². The fourth-order valence-electron chi connectivity index (χ4n) is 2.32. The van der Waals surface area contributed by atoms with Gasteiger partial charge in [-0.3, -0.25) is 4.79 Å². The maximum Gasteiger partial charge on any atom is 0.316 e. The monoisotopic (exact) mass is 238 g/mol. The standard InChI is InChI=1S/C12H18N2O3/c1-12(2,11(16)17)10-13-8(7-15)9-5-3-4-6-14(9)10/h15H,3-7H2,1-2H3,(H,16,17). The van der Waals surface area contributed by atoms with Gasteiger partial charge >= 0.3 is 5.97 Å². The van der Waals surface area contributed by atoms with E-state index < -0.39 is 11.4 Å². The summed E-state index contributed by atoms with van der Waals surface area (Å²) >= 11 is 0. The molecule has 0 amide bonds. The topological polar surface area (TPSA) is 75.3 Å². The fraction of sp³-hybridized carbons (Fsp3) is 0.667. The molecule has 0 atom stereocenters. The molecule has 94 valence electrons. The first-order chi connectivity index (χ1) is 7.98. The molecule has 0 aliphatic carbocycles. The molecule has 17 heavy (non-hydrogen) atoms. The summed E-state index contributed by atoms with van der Waals surface area (Å²) in [5.74, 6) is -0.330. The molecule has 0 bridgehead atoms. The van der Waals surface area contributed by atoms with Gasteiger partial charge in [-0.1, -0.05) is 0 Å². The van der Waals surface area contributed by atoms with E-state index in [9.17, 15) is 15.0 Å². The predicted octanol–water partition coefficient (Wildman–Crippen LogP) is 1.07. The van der Waals surface area contributed by atoms with Crippen molar-refractivity contribution >= 4 is 5.97 Å². The highest BCUT2D eigenvalue weighted by molar-refractivity contribution is 5.79. The van der Waals surface area contributed by atoms with E-state index in [2.05, 4.69) is 4.98 Å². The van der Waals surface area contributed by atoms with E-state index in [1.54, 1.807) is 13.8 Å². The second-order valence-electron chi connectivity index (χ2n) is 5.03. The summed E-state index contributed by atoms with van der Waals surface area (Å²) in [7, 11) is 0. The van der Waals surface area contributed by atoms with E-state index in [4.69, 9.17) is 0 Å². The van der Waals surface area contributed by atoms with Crippen LogP contribution in [0, 0.1) is 0 Å². The molecular weight excluding hydrogens is 220 g/mol. The van der Waals surface area contributed by atoms with Crippen LogP contribution in [-0.2, 0) is 29.8 Å². The fourth-order valence-corrected chi connectivity index (χ4v) is 2.32. The van der Waals surface area contributed by atoms with Crippen molar-refractivity contribution in [2.24, 2.45) is 0 Å². The van der Waals surface area contributed by atoms with Crippen molar-refractivity contribution in [3.05, 3.63) is 17.2 Å². The number of hydrogen-bond donors (Lipinski definition) is 2. The lowest BCUT2D eigenvalue weighted by molar-refractivity contribution is -0.142. The number of carbonyl (C=O) groups is 1. The van der Waals surface area contributed by atoms with Gasteiger partial charge in [0.15, 0.2) is 0 Å². The van der Waals surface area contributed by atoms with Gasteiger partial charge in [0, 0.05) is 12.2 Å². The number of carboxylic acids is 1. The number of fused-ring (bicyclic) bond motifs is 1. The Morgan fingerprint density at radius 2 is 2.18 bits per heavy atom. The first kappa shape index (κ1) is 12.1. The molecule has 1 aliphatic heterocycles. The summed E-state index contributed by atoms with van der Waals surface area (Å²) in [6, 6.07) is 0. The predicted molar refractivity (Wildman–Crippen MR) is 61.7 cm³/mol. The third kappa shape index (κ3) is 1.84. The number of carboxylic acid groups (broad SMARTS) is 1. The molecule has 2 N–H and O–H groups in total. The lowest BCUT2D eigenvalue weighted by atomic mass is 9.92. The van der Waals surface area contributed by atoms with Crippen molar-refractivity contribution in [1.29, 1.82) is 0 Å². The third-order valence-electron chi connectivity index (χ3n) is 3.44. The minimum atomic E-state index is -1.01. The molecule has 1 aromatic heterocycles. The first-order valence-electron chi connectivity index (χ1n) is 5.91. The Morgan fingerprint density at radius 1 is 1.47 bits per heavy atom. The van der Waals surface area contributed by atoms with E-state index in [0.29, 0.717) is 11.5 Å². The maximum atomic E-state index is 11.3. The lowest BCUT2D eigenvalue weighted by Gasteiger charge is -2.23. The molecule has 0 fully saturated rings. The average molecular weight is 238 g/mol. The maximum absolute atomic E-state index is 11.3. The Kier molecular flexibility index (Phi) is 2.95. The van der Waals surface area contributed by atoms with Crippen LogP contribution in [0.2, 0.25) is 0 Å². The van der Waals surface area contributed by atoms with Crippen LogP contribution in [-0.4, -0.2) is 25.7 Å². The smallest absolute Gasteiger partial charge is 0.316 e. The van der Waals surface area contributed by atoms with Crippen LogP contribution in [0.25, 0.3) is 0 Å². The number of nitrogens with zero attached hydrogens (tertiary/aromatic N) is 2. The van der Waals surface area contributed by atoms with Gasteiger partial charge in [-0.05, 0) is 33.1 Å². The van der Waals surface area contributed by atoms with Crippen molar-refractivity contribution in [2.45, 2.75) is 51.7 Å². The van der Waals surface area contributed by atoms with E-state index in [-0.39, 0.29) is 6.61 Å². The molecule has 0 unspecified atom stereocenters. The molecule has 0 aromatic carbocycles. The zero-order valence-electron chi connectivity index (χ0n) is 10.2. The Bertz CT molecular complexity index is 449. The molecule has 1 aliphatic rings. The summed E-state index contributed by atoms with van der Waals surface area (Å²) < 4.78 is 1.98. The minimum Gasteiger partial charge on any atom is -0.481 e. The van der Waals surface area contributed by atoms with Gasteiger partial charge in [-0.15, -0.1) is 0 Å². The van der Waals surface area contributed by atoms with E-state index in [1.807, 2.05) is 4.57 Å². The van der Waals surface area contributed by atoms with Crippen molar-refractivity contribution in [3.63, 3.8) is 0 Å². The van der Waals surface area contributed by atoms with Crippen LogP contribution >= 0.6 is 0 Å².